The van der Waals surface area contributed by atoms with E-state index >= 15 is 0 Å². The second-order valence-corrected chi connectivity index (χ2v) is 9.20. The molecule has 1 fully saturated rings. The lowest BCUT2D eigenvalue weighted by atomic mass is 10.0. The molecule has 12 heteroatoms. The van der Waals surface area contributed by atoms with E-state index in [1.807, 2.05) is 0 Å². The van der Waals surface area contributed by atoms with Gasteiger partial charge in [-0.3, -0.25) is 24.5 Å². The van der Waals surface area contributed by atoms with Crippen LogP contribution in [-0.4, -0.2) is 61.3 Å². The van der Waals surface area contributed by atoms with Crippen LogP contribution < -0.4 is 11.2 Å². The van der Waals surface area contributed by atoms with E-state index in [-0.39, 0.29) is 11.3 Å². The summed E-state index contributed by atoms with van der Waals surface area (Å²) in [6.45, 7) is 1.89. The van der Waals surface area contributed by atoms with Gasteiger partial charge in [0.05, 0.1) is 17.1 Å². The number of H-pyrrole nitrogens is 1. The molecule has 1 aliphatic rings. The predicted molar refractivity (Wildman–Crippen MR) is 133 cm³/mol. The highest BCUT2D eigenvalue weighted by Gasteiger charge is 2.44. The average molecular weight is 522 g/mol. The molecule has 0 spiro atoms. The molecule has 0 aliphatic carbocycles. The summed E-state index contributed by atoms with van der Waals surface area (Å²) in [5, 5.41) is 40.9. The van der Waals surface area contributed by atoms with Crippen molar-refractivity contribution in [3.05, 3.63) is 72.5 Å². The van der Waals surface area contributed by atoms with Gasteiger partial charge in [-0.05, 0) is 24.1 Å². The molecule has 2 aromatic rings. The highest BCUT2D eigenvalue weighted by atomic mass is 16.6. The molecule has 0 saturated carbocycles. The second kappa shape index (κ2) is 13.6. The number of nitrogens with one attached hydrogen (secondary N) is 1. The number of aliphatic hydroxyl groups excluding tert-OH is 3. The van der Waals surface area contributed by atoms with Crippen LogP contribution >= 0.6 is 0 Å². The first-order valence-electron chi connectivity index (χ1n) is 12.6. The number of unbranched alkanes of at least 4 members (excludes halogenated alkanes) is 6. The predicted octanol–water partition coefficient (Wildman–Crippen LogP) is 1.91. The smallest absolute Gasteiger partial charge is 0.330 e. The fraction of sp³-hybridized carbons (Fsp3) is 0.600. The van der Waals surface area contributed by atoms with Crippen molar-refractivity contribution in [2.75, 3.05) is 13.2 Å². The maximum Gasteiger partial charge on any atom is 0.330 e. The Morgan fingerprint density at radius 3 is 2.32 bits per heavy atom. The largest absolute Gasteiger partial charge is 0.394 e. The fourth-order valence-electron chi connectivity index (χ4n) is 4.38. The lowest BCUT2D eigenvalue weighted by Crippen LogP contribution is -2.39. The average Bonchev–Trinajstić information content (AvgIpc) is 3.17. The van der Waals surface area contributed by atoms with Gasteiger partial charge in [-0.15, -0.1) is 0 Å². The van der Waals surface area contributed by atoms with Crippen LogP contribution in [0.1, 0.15) is 75.3 Å². The summed E-state index contributed by atoms with van der Waals surface area (Å²) in [6, 6.07) is 5.56. The van der Waals surface area contributed by atoms with E-state index in [0.29, 0.717) is 12.2 Å². The Hall–Kier alpha value is -2.90. The molecule has 1 aromatic heterocycles. The van der Waals surface area contributed by atoms with Gasteiger partial charge in [0.15, 0.2) is 6.23 Å². The Kier molecular flexibility index (Phi) is 10.5. The van der Waals surface area contributed by atoms with Gasteiger partial charge in [0.25, 0.3) is 11.2 Å². The molecule has 4 N–H and O–H groups in total. The van der Waals surface area contributed by atoms with Crippen molar-refractivity contribution in [3.8, 4) is 0 Å². The van der Waals surface area contributed by atoms with Crippen LogP contribution in [0.4, 0.5) is 5.69 Å². The van der Waals surface area contributed by atoms with Crippen molar-refractivity contribution < 1.29 is 29.7 Å². The molecule has 204 valence electrons. The van der Waals surface area contributed by atoms with Crippen molar-refractivity contribution >= 4 is 5.69 Å². The van der Waals surface area contributed by atoms with E-state index in [0.717, 1.165) is 30.3 Å². The van der Waals surface area contributed by atoms with Gasteiger partial charge >= 0.3 is 5.69 Å². The Morgan fingerprint density at radius 1 is 1.08 bits per heavy atom. The minimum Gasteiger partial charge on any atom is -0.394 e. The van der Waals surface area contributed by atoms with Crippen LogP contribution in [0.2, 0.25) is 0 Å². The van der Waals surface area contributed by atoms with Crippen molar-refractivity contribution in [2.45, 2.75) is 82.5 Å². The summed E-state index contributed by atoms with van der Waals surface area (Å²) < 4.78 is 12.5. The zero-order chi connectivity index (χ0) is 26.9. The van der Waals surface area contributed by atoms with Crippen LogP contribution in [0.15, 0.2) is 40.1 Å². The van der Waals surface area contributed by atoms with Crippen molar-refractivity contribution in [1.29, 1.82) is 0 Å². The third-order valence-electron chi connectivity index (χ3n) is 6.51. The van der Waals surface area contributed by atoms with Gasteiger partial charge in [-0.2, -0.15) is 0 Å². The molecule has 37 heavy (non-hydrogen) atoms. The number of nitro benzene ring substituents is 1. The summed E-state index contributed by atoms with van der Waals surface area (Å²) in [4.78, 5) is 38.2. The highest BCUT2D eigenvalue weighted by molar-refractivity contribution is 5.36. The Bertz CT molecular complexity index is 1130. The zero-order valence-corrected chi connectivity index (χ0v) is 20.8. The number of aliphatic hydroxyl groups is 3. The molecule has 2 heterocycles. The minimum absolute atomic E-state index is 0.0223. The number of hydrogen-bond donors (Lipinski definition) is 4. The molecule has 3 rings (SSSR count). The Labute approximate surface area is 213 Å². The Balaban J connectivity index is 1.87. The van der Waals surface area contributed by atoms with Crippen molar-refractivity contribution in [2.24, 2.45) is 0 Å². The minimum atomic E-state index is -1.53. The van der Waals surface area contributed by atoms with E-state index in [1.165, 1.54) is 49.7 Å². The SMILES string of the molecule is CCCCCCCCCO[C@H](c1ccc([N+](=O)[O-])cc1)c1cn([C@@H]2O[C@H](CO)[C@@H](O)[C@H]2O)c(=O)[nH]c1=O. The number of nitro groups is 1. The van der Waals surface area contributed by atoms with Crippen molar-refractivity contribution in [1.82, 2.24) is 9.55 Å². The maximum absolute atomic E-state index is 12.8. The van der Waals surface area contributed by atoms with Gasteiger partial charge in [0, 0.05) is 24.9 Å². The monoisotopic (exact) mass is 521 g/mol. The van der Waals surface area contributed by atoms with E-state index in [9.17, 15) is 35.0 Å². The lowest BCUT2D eigenvalue weighted by molar-refractivity contribution is -0.384. The summed E-state index contributed by atoms with van der Waals surface area (Å²) in [5.74, 6) is 0. The number of rotatable bonds is 14. The van der Waals surface area contributed by atoms with Gasteiger partial charge in [-0.25, -0.2) is 4.79 Å². The topological polar surface area (TPSA) is 177 Å². The molecular weight excluding hydrogens is 486 g/mol. The van der Waals surface area contributed by atoms with Crippen LogP contribution in [-0.2, 0) is 9.47 Å². The molecule has 0 amide bonds. The summed E-state index contributed by atoms with van der Waals surface area (Å²) >= 11 is 0. The highest BCUT2D eigenvalue weighted by Crippen LogP contribution is 2.30. The van der Waals surface area contributed by atoms with Crippen LogP contribution in [0.3, 0.4) is 0 Å². The number of aromatic amines is 1. The molecule has 0 radical (unpaired) electrons. The number of aromatic nitrogens is 2. The van der Waals surface area contributed by atoms with E-state index in [1.54, 1.807) is 0 Å². The number of non-ortho nitro benzene ring substituents is 1. The molecule has 1 aliphatic heterocycles. The van der Waals surface area contributed by atoms with Gasteiger partial charge in [0.1, 0.15) is 24.4 Å². The van der Waals surface area contributed by atoms with Gasteiger partial charge in [-0.1, -0.05) is 45.4 Å². The molecule has 12 nitrogen and oxygen atoms in total. The standard InChI is InChI=1S/C25H35N3O9/c1-2-3-4-5-6-7-8-13-36-22(16-9-11-17(12-10-16)28(34)35)18-14-27(25(33)26-23(18)32)24-21(31)20(30)19(15-29)37-24/h9-12,14,19-22,24,29-31H,2-8,13,15H2,1H3,(H,26,32,33)/t19-,20-,21-,22-,24-/m1/s1. The zero-order valence-electron chi connectivity index (χ0n) is 20.8. The van der Waals surface area contributed by atoms with Crippen LogP contribution in [0, 0.1) is 10.1 Å². The van der Waals surface area contributed by atoms with Crippen molar-refractivity contribution in [3.63, 3.8) is 0 Å². The summed E-state index contributed by atoms with van der Waals surface area (Å²) in [7, 11) is 0. The van der Waals surface area contributed by atoms with E-state index < -0.39 is 53.4 Å². The second-order valence-electron chi connectivity index (χ2n) is 9.20. The van der Waals surface area contributed by atoms with E-state index in [2.05, 4.69) is 11.9 Å². The molecule has 0 unspecified atom stereocenters. The number of nitrogens with zero attached hydrogens (tertiary/aromatic N) is 2. The van der Waals surface area contributed by atoms with Gasteiger partial charge < -0.3 is 24.8 Å². The first-order chi connectivity index (χ1) is 17.8. The van der Waals surface area contributed by atoms with E-state index in [4.69, 9.17) is 9.47 Å². The third-order valence-corrected chi connectivity index (χ3v) is 6.51. The molecule has 1 saturated heterocycles. The molecule has 5 atom stereocenters. The fourth-order valence-corrected chi connectivity index (χ4v) is 4.38. The first kappa shape index (κ1) is 28.7. The lowest BCUT2D eigenvalue weighted by Gasteiger charge is -2.22. The third kappa shape index (κ3) is 7.11. The summed E-state index contributed by atoms with van der Waals surface area (Å²) in [6.07, 6.45) is 2.22. The first-order valence-corrected chi connectivity index (χ1v) is 12.6. The van der Waals surface area contributed by atoms with Gasteiger partial charge in [0.2, 0.25) is 0 Å². The number of hydrogen-bond acceptors (Lipinski definition) is 9. The normalized spacial score (nSPS) is 22.3. The molecule has 0 bridgehead atoms. The summed E-state index contributed by atoms with van der Waals surface area (Å²) in [5.41, 5.74) is -1.24. The van der Waals surface area contributed by atoms with Crippen LogP contribution in [0.5, 0.6) is 0 Å². The molecular formula is C25H35N3O9. The molecule has 1 aromatic carbocycles. The maximum atomic E-state index is 12.8. The van der Waals surface area contributed by atoms with Crippen LogP contribution in [0.25, 0.3) is 0 Å². The number of ether oxygens (including phenoxy) is 2. The Morgan fingerprint density at radius 2 is 1.73 bits per heavy atom. The quantitative estimate of drug-likeness (QED) is 0.164. The number of benzene rings is 1.